The molecule has 0 aliphatic carbocycles. The average Bonchev–Trinajstić information content (AvgIpc) is 2.65. The predicted molar refractivity (Wildman–Crippen MR) is 105 cm³/mol. The molecule has 0 atom stereocenters. The van der Waals surface area contributed by atoms with Crippen molar-refractivity contribution in [1.29, 1.82) is 0 Å². The van der Waals surface area contributed by atoms with E-state index in [0.29, 0.717) is 31.6 Å². The Morgan fingerprint density at radius 2 is 1.88 bits per heavy atom. The largest absolute Gasteiger partial charge is 0.486 e. The molecule has 0 N–H and O–H groups in total. The van der Waals surface area contributed by atoms with Crippen LogP contribution in [0.2, 0.25) is 0 Å². The van der Waals surface area contributed by atoms with Crippen LogP contribution in [-0.2, 0) is 6.54 Å². The van der Waals surface area contributed by atoms with E-state index in [0.717, 1.165) is 27.5 Å². The van der Waals surface area contributed by atoms with Gasteiger partial charge in [-0.3, -0.25) is 4.79 Å². The second-order valence-corrected chi connectivity index (χ2v) is 8.04. The first-order chi connectivity index (χ1) is 12.6. The van der Waals surface area contributed by atoms with Crippen LogP contribution in [0.4, 0.5) is 0 Å². The van der Waals surface area contributed by atoms with Crippen molar-refractivity contribution >= 4 is 17.7 Å². The summed E-state index contributed by atoms with van der Waals surface area (Å²) in [5, 5.41) is 0.422. The van der Waals surface area contributed by atoms with Crippen molar-refractivity contribution in [3.05, 3.63) is 53.6 Å². The van der Waals surface area contributed by atoms with Gasteiger partial charge in [-0.25, -0.2) is 0 Å². The van der Waals surface area contributed by atoms with Gasteiger partial charge in [-0.1, -0.05) is 38.1 Å². The van der Waals surface area contributed by atoms with E-state index in [2.05, 4.69) is 13.8 Å². The summed E-state index contributed by atoms with van der Waals surface area (Å²) in [7, 11) is 0. The topological polar surface area (TPSA) is 38.8 Å². The van der Waals surface area contributed by atoms with Crippen LogP contribution in [0.15, 0.2) is 47.4 Å². The zero-order valence-corrected chi connectivity index (χ0v) is 16.3. The second kappa shape index (κ2) is 8.49. The molecule has 1 aliphatic rings. The van der Waals surface area contributed by atoms with E-state index in [-0.39, 0.29) is 5.91 Å². The highest BCUT2D eigenvalue weighted by molar-refractivity contribution is 8.00. The molecule has 0 saturated carbocycles. The standard InChI is InChI=1S/C21H25NO3S/c1-4-22(14-16-8-7-10-18-20(16)25-13-12-24-18)21(23)17-9-5-6-11-19(17)26-15(2)3/h5-11,15H,4,12-14H2,1-3H3. The Morgan fingerprint density at radius 3 is 2.65 bits per heavy atom. The number of carbonyl (C=O) groups is 1. The summed E-state index contributed by atoms with van der Waals surface area (Å²) in [6, 6.07) is 13.7. The van der Waals surface area contributed by atoms with Crippen LogP contribution in [0.3, 0.4) is 0 Å². The van der Waals surface area contributed by atoms with Crippen LogP contribution in [0, 0.1) is 0 Å². The van der Waals surface area contributed by atoms with Crippen molar-refractivity contribution < 1.29 is 14.3 Å². The maximum absolute atomic E-state index is 13.2. The molecule has 26 heavy (non-hydrogen) atoms. The van der Waals surface area contributed by atoms with Crippen LogP contribution < -0.4 is 9.47 Å². The smallest absolute Gasteiger partial charge is 0.255 e. The highest BCUT2D eigenvalue weighted by atomic mass is 32.2. The monoisotopic (exact) mass is 371 g/mol. The lowest BCUT2D eigenvalue weighted by Crippen LogP contribution is -2.31. The minimum Gasteiger partial charge on any atom is -0.486 e. The summed E-state index contributed by atoms with van der Waals surface area (Å²) in [5.41, 5.74) is 1.74. The molecule has 0 radical (unpaired) electrons. The van der Waals surface area contributed by atoms with Gasteiger partial charge in [0.1, 0.15) is 13.2 Å². The first kappa shape index (κ1) is 18.6. The average molecular weight is 372 g/mol. The van der Waals surface area contributed by atoms with Gasteiger partial charge in [-0.05, 0) is 25.1 Å². The third-order valence-corrected chi connectivity index (χ3v) is 5.24. The quantitative estimate of drug-likeness (QED) is 0.695. The van der Waals surface area contributed by atoms with Crippen LogP contribution in [-0.4, -0.2) is 35.8 Å². The summed E-state index contributed by atoms with van der Waals surface area (Å²) in [4.78, 5) is 16.1. The van der Waals surface area contributed by atoms with Crippen molar-refractivity contribution in [3.63, 3.8) is 0 Å². The molecule has 0 aromatic heterocycles. The van der Waals surface area contributed by atoms with Crippen LogP contribution in [0.5, 0.6) is 11.5 Å². The van der Waals surface area contributed by atoms with Gasteiger partial charge >= 0.3 is 0 Å². The molecule has 0 saturated heterocycles. The van der Waals surface area contributed by atoms with E-state index in [1.165, 1.54) is 0 Å². The zero-order valence-electron chi connectivity index (χ0n) is 15.5. The number of ether oxygens (including phenoxy) is 2. The van der Waals surface area contributed by atoms with E-state index >= 15 is 0 Å². The molecule has 1 aliphatic heterocycles. The Labute approximate surface area is 159 Å². The Kier molecular flexibility index (Phi) is 6.09. The Morgan fingerprint density at radius 1 is 1.12 bits per heavy atom. The fourth-order valence-corrected chi connectivity index (χ4v) is 3.91. The lowest BCUT2D eigenvalue weighted by Gasteiger charge is -2.26. The second-order valence-electron chi connectivity index (χ2n) is 6.42. The predicted octanol–water partition coefficient (Wildman–Crippen LogP) is 4.62. The van der Waals surface area contributed by atoms with Crippen molar-refractivity contribution in [3.8, 4) is 11.5 Å². The van der Waals surface area contributed by atoms with E-state index in [9.17, 15) is 4.79 Å². The number of carbonyl (C=O) groups excluding carboxylic acids is 1. The van der Waals surface area contributed by atoms with Gasteiger partial charge in [0.25, 0.3) is 5.91 Å². The SMILES string of the molecule is CCN(Cc1cccc2c1OCCO2)C(=O)c1ccccc1SC(C)C. The van der Waals surface area contributed by atoms with Gasteiger partial charge in [0, 0.05) is 28.8 Å². The first-order valence-electron chi connectivity index (χ1n) is 9.02. The van der Waals surface area contributed by atoms with Gasteiger partial charge in [-0.15, -0.1) is 11.8 Å². The molecule has 138 valence electrons. The molecule has 0 fully saturated rings. The molecule has 0 spiro atoms. The molecule has 2 aromatic carbocycles. The number of para-hydroxylation sites is 1. The molecule has 0 unspecified atom stereocenters. The van der Waals surface area contributed by atoms with E-state index < -0.39 is 0 Å². The number of benzene rings is 2. The number of amides is 1. The molecule has 5 heteroatoms. The Balaban J connectivity index is 1.85. The van der Waals surface area contributed by atoms with Crippen molar-refractivity contribution in [2.45, 2.75) is 37.5 Å². The van der Waals surface area contributed by atoms with Gasteiger partial charge in [0.15, 0.2) is 11.5 Å². The Bertz CT molecular complexity index is 776. The number of nitrogens with zero attached hydrogens (tertiary/aromatic N) is 1. The molecule has 3 rings (SSSR count). The minimum absolute atomic E-state index is 0.0468. The van der Waals surface area contributed by atoms with Crippen LogP contribution in [0.1, 0.15) is 36.7 Å². The number of hydrogen-bond donors (Lipinski definition) is 0. The fraction of sp³-hybridized carbons (Fsp3) is 0.381. The molecule has 1 heterocycles. The molecule has 0 bridgehead atoms. The summed E-state index contributed by atoms with van der Waals surface area (Å²) >= 11 is 1.72. The highest BCUT2D eigenvalue weighted by Gasteiger charge is 2.22. The maximum Gasteiger partial charge on any atom is 0.255 e. The van der Waals surface area contributed by atoms with Crippen molar-refractivity contribution in [2.24, 2.45) is 0 Å². The number of rotatable bonds is 6. The summed E-state index contributed by atoms with van der Waals surface area (Å²) in [6.45, 7) is 8.51. The van der Waals surface area contributed by atoms with Gasteiger partial charge in [-0.2, -0.15) is 0 Å². The molecule has 4 nitrogen and oxygen atoms in total. The lowest BCUT2D eigenvalue weighted by molar-refractivity contribution is 0.0745. The van der Waals surface area contributed by atoms with Crippen molar-refractivity contribution in [1.82, 2.24) is 4.90 Å². The highest BCUT2D eigenvalue weighted by Crippen LogP contribution is 2.35. The fourth-order valence-electron chi connectivity index (χ4n) is 2.96. The third-order valence-electron chi connectivity index (χ3n) is 4.16. The summed E-state index contributed by atoms with van der Waals surface area (Å²) < 4.78 is 11.5. The van der Waals surface area contributed by atoms with Gasteiger partial charge in [0.05, 0.1) is 5.56 Å². The molecular weight excluding hydrogens is 346 g/mol. The summed E-state index contributed by atoms with van der Waals surface area (Å²) in [6.07, 6.45) is 0. The minimum atomic E-state index is 0.0468. The van der Waals surface area contributed by atoms with E-state index in [4.69, 9.17) is 9.47 Å². The van der Waals surface area contributed by atoms with E-state index in [1.54, 1.807) is 11.8 Å². The number of fused-ring (bicyclic) bond motifs is 1. The maximum atomic E-state index is 13.2. The van der Waals surface area contributed by atoms with E-state index in [1.807, 2.05) is 54.3 Å². The van der Waals surface area contributed by atoms with Gasteiger partial charge < -0.3 is 14.4 Å². The van der Waals surface area contributed by atoms with Crippen molar-refractivity contribution in [2.75, 3.05) is 19.8 Å². The molecule has 2 aromatic rings. The van der Waals surface area contributed by atoms with Crippen LogP contribution >= 0.6 is 11.8 Å². The lowest BCUT2D eigenvalue weighted by atomic mass is 10.1. The zero-order chi connectivity index (χ0) is 18.5. The first-order valence-corrected chi connectivity index (χ1v) is 9.90. The summed E-state index contributed by atoms with van der Waals surface area (Å²) in [5.74, 6) is 1.56. The van der Waals surface area contributed by atoms with Crippen LogP contribution in [0.25, 0.3) is 0 Å². The van der Waals surface area contributed by atoms with Gasteiger partial charge in [0.2, 0.25) is 0 Å². The number of hydrogen-bond acceptors (Lipinski definition) is 4. The normalized spacial score (nSPS) is 12.9. The Hall–Kier alpha value is -2.14. The molecule has 1 amide bonds. The molecular formula is C21H25NO3S. The third kappa shape index (κ3) is 4.15. The number of thioether (sulfide) groups is 1.